The third-order valence-corrected chi connectivity index (χ3v) is 6.26. The van der Waals surface area contributed by atoms with Crippen molar-refractivity contribution in [1.29, 1.82) is 0 Å². The van der Waals surface area contributed by atoms with Crippen LogP contribution in [0.3, 0.4) is 0 Å². The SMILES string of the molecule is COc1ccc(CN=C2N[C@H]3[C@H](C[C@H](CO)C[C@@H]3O)O2)cc1C1CCCC1. The molecule has 4 rings (SSSR count). The Labute approximate surface area is 160 Å². The molecule has 1 saturated heterocycles. The van der Waals surface area contributed by atoms with Crippen molar-refractivity contribution < 1.29 is 19.7 Å². The first kappa shape index (κ1) is 18.6. The minimum atomic E-state index is -0.511. The first-order chi connectivity index (χ1) is 13.2. The van der Waals surface area contributed by atoms with Gasteiger partial charge in [0.25, 0.3) is 6.02 Å². The topological polar surface area (TPSA) is 83.3 Å². The summed E-state index contributed by atoms with van der Waals surface area (Å²) in [6.07, 6.45) is 5.76. The number of aliphatic imine (C=N–C) groups is 1. The highest BCUT2D eigenvalue weighted by atomic mass is 16.5. The van der Waals surface area contributed by atoms with Crippen molar-refractivity contribution in [1.82, 2.24) is 5.32 Å². The summed E-state index contributed by atoms with van der Waals surface area (Å²) in [6, 6.07) is 6.69. The Balaban J connectivity index is 1.45. The van der Waals surface area contributed by atoms with Crippen molar-refractivity contribution in [2.24, 2.45) is 10.9 Å². The highest BCUT2D eigenvalue weighted by molar-refractivity contribution is 5.76. The number of benzene rings is 1. The Morgan fingerprint density at radius 3 is 2.81 bits per heavy atom. The van der Waals surface area contributed by atoms with Crippen molar-refractivity contribution in [3.05, 3.63) is 29.3 Å². The van der Waals surface area contributed by atoms with Gasteiger partial charge >= 0.3 is 0 Å². The number of hydrogen-bond acceptors (Lipinski definition) is 5. The smallest absolute Gasteiger partial charge is 0.285 e. The summed E-state index contributed by atoms with van der Waals surface area (Å²) in [5, 5.41) is 22.9. The van der Waals surface area contributed by atoms with Gasteiger partial charge < -0.3 is 25.0 Å². The average molecular weight is 374 g/mol. The first-order valence-electron chi connectivity index (χ1n) is 10.1. The number of nitrogens with zero attached hydrogens (tertiary/aromatic N) is 1. The van der Waals surface area contributed by atoms with Crippen LogP contribution in [-0.2, 0) is 11.3 Å². The maximum atomic E-state index is 10.3. The van der Waals surface area contributed by atoms with E-state index < -0.39 is 6.10 Å². The molecule has 148 valence electrons. The average Bonchev–Trinajstić information content (AvgIpc) is 3.36. The third-order valence-electron chi connectivity index (χ3n) is 6.26. The predicted molar refractivity (Wildman–Crippen MR) is 103 cm³/mol. The van der Waals surface area contributed by atoms with Crippen LogP contribution < -0.4 is 10.1 Å². The van der Waals surface area contributed by atoms with Crippen LogP contribution in [0.5, 0.6) is 5.75 Å². The molecule has 0 unspecified atom stereocenters. The number of ether oxygens (including phenoxy) is 2. The molecule has 0 bridgehead atoms. The highest BCUT2D eigenvalue weighted by Crippen LogP contribution is 2.39. The maximum Gasteiger partial charge on any atom is 0.285 e. The minimum Gasteiger partial charge on any atom is -0.496 e. The van der Waals surface area contributed by atoms with Gasteiger partial charge in [0.05, 0.1) is 25.8 Å². The van der Waals surface area contributed by atoms with Crippen LogP contribution in [0.2, 0.25) is 0 Å². The Morgan fingerprint density at radius 1 is 1.26 bits per heavy atom. The molecule has 1 aromatic rings. The fourth-order valence-electron chi connectivity index (χ4n) is 4.77. The van der Waals surface area contributed by atoms with E-state index in [1.165, 1.54) is 31.2 Å². The second-order valence-corrected chi connectivity index (χ2v) is 8.09. The maximum absolute atomic E-state index is 10.3. The number of rotatable bonds is 5. The molecular weight excluding hydrogens is 344 g/mol. The van der Waals surface area contributed by atoms with Crippen LogP contribution in [0, 0.1) is 5.92 Å². The zero-order chi connectivity index (χ0) is 18.8. The molecule has 0 radical (unpaired) electrons. The van der Waals surface area contributed by atoms with E-state index in [0.717, 1.165) is 17.7 Å². The van der Waals surface area contributed by atoms with Crippen LogP contribution in [-0.4, -0.2) is 48.2 Å². The minimum absolute atomic E-state index is 0.0892. The lowest BCUT2D eigenvalue weighted by molar-refractivity contribution is 0.00447. The molecule has 2 saturated carbocycles. The summed E-state index contributed by atoms with van der Waals surface area (Å²) >= 11 is 0. The van der Waals surface area contributed by atoms with Gasteiger partial charge in [0.15, 0.2) is 0 Å². The van der Waals surface area contributed by atoms with E-state index in [9.17, 15) is 10.2 Å². The van der Waals surface area contributed by atoms with Crippen molar-refractivity contribution in [3.63, 3.8) is 0 Å². The number of amidine groups is 1. The van der Waals surface area contributed by atoms with Crippen LogP contribution in [0.4, 0.5) is 0 Å². The molecule has 27 heavy (non-hydrogen) atoms. The Morgan fingerprint density at radius 2 is 2.07 bits per heavy atom. The lowest BCUT2D eigenvalue weighted by Crippen LogP contribution is -2.48. The molecule has 0 spiro atoms. The molecule has 6 heteroatoms. The summed E-state index contributed by atoms with van der Waals surface area (Å²) in [4.78, 5) is 4.60. The van der Waals surface area contributed by atoms with E-state index >= 15 is 0 Å². The Bertz CT molecular complexity index is 687. The number of nitrogens with one attached hydrogen (secondary N) is 1. The fraction of sp³-hybridized carbons (Fsp3) is 0.667. The van der Waals surface area contributed by atoms with Gasteiger partial charge in [0, 0.05) is 6.61 Å². The lowest BCUT2D eigenvalue weighted by atomic mass is 9.83. The van der Waals surface area contributed by atoms with E-state index in [0.29, 0.717) is 24.9 Å². The Hall–Kier alpha value is -1.79. The first-order valence-corrected chi connectivity index (χ1v) is 10.1. The monoisotopic (exact) mass is 374 g/mol. The van der Waals surface area contributed by atoms with Gasteiger partial charge in [-0.2, -0.15) is 0 Å². The molecule has 6 nitrogen and oxygen atoms in total. The van der Waals surface area contributed by atoms with E-state index in [1.54, 1.807) is 7.11 Å². The van der Waals surface area contributed by atoms with E-state index in [1.807, 2.05) is 6.07 Å². The number of aliphatic hydroxyl groups excluding tert-OH is 2. The summed E-state index contributed by atoms with van der Waals surface area (Å²) in [5.74, 6) is 1.65. The molecule has 1 aliphatic heterocycles. The lowest BCUT2D eigenvalue weighted by Gasteiger charge is -2.32. The van der Waals surface area contributed by atoms with Crippen molar-refractivity contribution >= 4 is 6.02 Å². The van der Waals surface area contributed by atoms with Crippen molar-refractivity contribution in [2.75, 3.05) is 13.7 Å². The number of aliphatic hydroxyl groups is 2. The summed E-state index contributed by atoms with van der Waals surface area (Å²) < 4.78 is 11.5. The van der Waals surface area contributed by atoms with Gasteiger partial charge in [-0.1, -0.05) is 18.9 Å². The van der Waals surface area contributed by atoms with E-state index in [-0.39, 0.29) is 24.7 Å². The molecule has 3 fully saturated rings. The summed E-state index contributed by atoms with van der Waals surface area (Å²) in [7, 11) is 1.73. The molecule has 3 aliphatic rings. The predicted octanol–water partition coefficient (Wildman–Crippen LogP) is 2.33. The fourth-order valence-corrected chi connectivity index (χ4v) is 4.77. The quantitative estimate of drug-likeness (QED) is 0.737. The largest absolute Gasteiger partial charge is 0.496 e. The molecule has 1 aromatic carbocycles. The number of hydrogen-bond donors (Lipinski definition) is 3. The van der Waals surface area contributed by atoms with Crippen LogP contribution in [0.25, 0.3) is 0 Å². The molecule has 0 amide bonds. The van der Waals surface area contributed by atoms with Crippen LogP contribution >= 0.6 is 0 Å². The highest BCUT2D eigenvalue weighted by Gasteiger charge is 2.43. The molecule has 0 aromatic heterocycles. The van der Waals surface area contributed by atoms with Crippen molar-refractivity contribution in [2.45, 2.75) is 69.2 Å². The standard InChI is InChI=1S/C21H30N2O4/c1-26-18-7-6-13(8-16(18)15-4-2-3-5-15)11-22-21-23-20-17(25)9-14(12-24)10-19(20)27-21/h6-8,14-15,17,19-20,24-25H,2-5,9-12H2,1H3,(H,22,23)/t14-,17+,19+,20-/m1/s1. The molecule has 1 heterocycles. The zero-order valence-electron chi connectivity index (χ0n) is 15.9. The zero-order valence-corrected chi connectivity index (χ0v) is 15.9. The molecule has 2 aliphatic carbocycles. The van der Waals surface area contributed by atoms with Gasteiger partial charge in [0.1, 0.15) is 11.9 Å². The third kappa shape index (κ3) is 3.92. The Kier molecular flexibility index (Phi) is 5.55. The number of methoxy groups -OCH3 is 1. The summed E-state index contributed by atoms with van der Waals surface area (Å²) in [5.41, 5.74) is 2.43. The molecule has 4 atom stereocenters. The molecular formula is C21H30N2O4. The van der Waals surface area contributed by atoms with Gasteiger partial charge in [-0.25, -0.2) is 4.99 Å². The van der Waals surface area contributed by atoms with Crippen LogP contribution in [0.15, 0.2) is 23.2 Å². The van der Waals surface area contributed by atoms with Crippen LogP contribution in [0.1, 0.15) is 55.6 Å². The van der Waals surface area contributed by atoms with Crippen molar-refractivity contribution in [3.8, 4) is 5.75 Å². The van der Waals surface area contributed by atoms with E-state index in [2.05, 4.69) is 22.4 Å². The normalized spacial score (nSPS) is 32.2. The molecule has 3 N–H and O–H groups in total. The second-order valence-electron chi connectivity index (χ2n) is 8.09. The number of fused-ring (bicyclic) bond motifs is 1. The second kappa shape index (κ2) is 8.07. The van der Waals surface area contributed by atoms with Gasteiger partial charge in [-0.05, 0) is 60.8 Å². The summed E-state index contributed by atoms with van der Waals surface area (Å²) in [6.45, 7) is 0.622. The van der Waals surface area contributed by atoms with Gasteiger partial charge in [-0.3, -0.25) is 0 Å². The van der Waals surface area contributed by atoms with Gasteiger partial charge in [0.2, 0.25) is 0 Å². The van der Waals surface area contributed by atoms with E-state index in [4.69, 9.17) is 9.47 Å². The van der Waals surface area contributed by atoms with Gasteiger partial charge in [-0.15, -0.1) is 0 Å².